The molecule has 1 N–H and O–H groups in total. The van der Waals surface area contributed by atoms with Gasteiger partial charge in [-0.1, -0.05) is 38.5 Å². The standard InChI is InChI=1S/C14H26N2OS/c1-5-11(6-2)12-9-15-13(18-12)16-14(4)7-8-17-10(14)3/h10-12H,5-9H2,1-4H3,(H,15,16). The Morgan fingerprint density at radius 1 is 1.50 bits per heavy atom. The topological polar surface area (TPSA) is 33.6 Å². The number of amidine groups is 1. The lowest BCUT2D eigenvalue weighted by Gasteiger charge is -2.30. The maximum Gasteiger partial charge on any atom is 0.157 e. The zero-order chi connectivity index (χ0) is 13.2. The Bertz CT molecular complexity index is 317. The van der Waals surface area contributed by atoms with Crippen molar-refractivity contribution in [3.63, 3.8) is 0 Å². The molecule has 0 aliphatic carbocycles. The molecule has 1 fully saturated rings. The maximum absolute atomic E-state index is 5.67. The lowest BCUT2D eigenvalue weighted by molar-refractivity contribution is 0.0951. The highest BCUT2D eigenvalue weighted by Gasteiger charge is 2.39. The van der Waals surface area contributed by atoms with Crippen molar-refractivity contribution in [2.24, 2.45) is 10.9 Å². The Labute approximate surface area is 115 Å². The molecule has 0 bridgehead atoms. The molecular weight excluding hydrogens is 244 g/mol. The van der Waals surface area contributed by atoms with Crippen LogP contribution in [0.5, 0.6) is 0 Å². The minimum Gasteiger partial charge on any atom is -0.376 e. The van der Waals surface area contributed by atoms with Crippen LogP contribution in [0.4, 0.5) is 0 Å². The molecule has 3 atom stereocenters. The van der Waals surface area contributed by atoms with Gasteiger partial charge in [0.25, 0.3) is 0 Å². The SMILES string of the molecule is CCC(CC)C1CN=C(NC2(C)CCOC2C)S1. The van der Waals surface area contributed by atoms with Crippen LogP contribution in [0.1, 0.15) is 47.0 Å². The summed E-state index contributed by atoms with van der Waals surface area (Å²) in [6.07, 6.45) is 3.86. The van der Waals surface area contributed by atoms with Crippen LogP contribution in [0.2, 0.25) is 0 Å². The monoisotopic (exact) mass is 270 g/mol. The average Bonchev–Trinajstić information content (AvgIpc) is 2.90. The smallest absolute Gasteiger partial charge is 0.157 e. The third kappa shape index (κ3) is 2.85. The van der Waals surface area contributed by atoms with Crippen molar-refractivity contribution in [2.45, 2.75) is 63.9 Å². The first-order valence-corrected chi connectivity index (χ1v) is 8.08. The summed E-state index contributed by atoms with van der Waals surface area (Å²) in [6, 6.07) is 0. The Balaban J connectivity index is 1.89. The van der Waals surface area contributed by atoms with Gasteiger partial charge in [0.1, 0.15) is 0 Å². The second-order valence-corrected chi connectivity index (χ2v) is 6.91. The van der Waals surface area contributed by atoms with Crippen LogP contribution in [-0.4, -0.2) is 35.2 Å². The van der Waals surface area contributed by atoms with Crippen molar-refractivity contribution < 1.29 is 4.74 Å². The van der Waals surface area contributed by atoms with Gasteiger partial charge in [0.2, 0.25) is 0 Å². The van der Waals surface area contributed by atoms with E-state index in [-0.39, 0.29) is 11.6 Å². The summed E-state index contributed by atoms with van der Waals surface area (Å²) in [6.45, 7) is 10.8. The van der Waals surface area contributed by atoms with Crippen LogP contribution in [0.25, 0.3) is 0 Å². The van der Waals surface area contributed by atoms with Crippen LogP contribution < -0.4 is 5.32 Å². The molecule has 2 heterocycles. The molecule has 0 radical (unpaired) electrons. The fraction of sp³-hybridized carbons (Fsp3) is 0.929. The summed E-state index contributed by atoms with van der Waals surface area (Å²) < 4.78 is 5.67. The highest BCUT2D eigenvalue weighted by molar-refractivity contribution is 8.14. The molecule has 2 aliphatic rings. The van der Waals surface area contributed by atoms with Gasteiger partial charge in [-0.15, -0.1) is 0 Å². The molecule has 0 amide bonds. The Morgan fingerprint density at radius 3 is 2.78 bits per heavy atom. The normalized spacial score (nSPS) is 36.2. The van der Waals surface area contributed by atoms with Crippen molar-refractivity contribution >= 4 is 16.9 Å². The molecule has 0 aromatic carbocycles. The number of hydrogen-bond donors (Lipinski definition) is 1. The number of ether oxygens (including phenoxy) is 1. The summed E-state index contributed by atoms with van der Waals surface area (Å²) in [5, 5.41) is 5.43. The van der Waals surface area contributed by atoms with E-state index in [1.54, 1.807) is 0 Å². The summed E-state index contributed by atoms with van der Waals surface area (Å²) in [7, 11) is 0. The Morgan fingerprint density at radius 2 is 2.22 bits per heavy atom. The summed E-state index contributed by atoms with van der Waals surface area (Å²) in [5.74, 6) is 0.795. The average molecular weight is 270 g/mol. The van der Waals surface area contributed by atoms with Gasteiger partial charge in [-0.05, 0) is 26.2 Å². The highest BCUT2D eigenvalue weighted by atomic mass is 32.2. The van der Waals surface area contributed by atoms with Gasteiger partial charge < -0.3 is 10.1 Å². The van der Waals surface area contributed by atoms with E-state index in [0.29, 0.717) is 5.25 Å². The van der Waals surface area contributed by atoms with E-state index in [1.165, 1.54) is 12.8 Å². The van der Waals surface area contributed by atoms with Crippen LogP contribution in [0.15, 0.2) is 4.99 Å². The Hall–Kier alpha value is -0.220. The van der Waals surface area contributed by atoms with E-state index in [4.69, 9.17) is 9.73 Å². The minimum atomic E-state index is 0.0641. The third-order valence-corrected chi connectivity index (χ3v) is 5.82. The molecule has 2 rings (SSSR count). The molecule has 3 unspecified atom stereocenters. The molecule has 0 saturated carbocycles. The fourth-order valence-corrected chi connectivity index (χ4v) is 4.22. The largest absolute Gasteiger partial charge is 0.376 e. The third-order valence-electron chi connectivity index (χ3n) is 4.53. The van der Waals surface area contributed by atoms with Crippen LogP contribution in [0, 0.1) is 5.92 Å². The molecule has 2 aliphatic heterocycles. The molecule has 3 nitrogen and oxygen atoms in total. The fourth-order valence-electron chi connectivity index (χ4n) is 2.76. The van der Waals surface area contributed by atoms with Gasteiger partial charge in [0.05, 0.1) is 18.2 Å². The van der Waals surface area contributed by atoms with E-state index in [9.17, 15) is 0 Å². The van der Waals surface area contributed by atoms with E-state index < -0.39 is 0 Å². The zero-order valence-electron chi connectivity index (χ0n) is 12.0. The van der Waals surface area contributed by atoms with Crippen molar-refractivity contribution in [2.75, 3.05) is 13.2 Å². The molecule has 0 aromatic rings. The van der Waals surface area contributed by atoms with Gasteiger partial charge in [-0.25, -0.2) is 0 Å². The maximum atomic E-state index is 5.67. The summed E-state index contributed by atoms with van der Waals surface area (Å²) in [4.78, 5) is 4.69. The van der Waals surface area contributed by atoms with Gasteiger partial charge in [-0.2, -0.15) is 0 Å². The predicted molar refractivity (Wildman–Crippen MR) is 79.3 cm³/mol. The number of aliphatic imine (C=N–C) groups is 1. The summed E-state index contributed by atoms with van der Waals surface area (Å²) in [5.41, 5.74) is 0.0641. The number of rotatable bonds is 4. The molecular formula is C14H26N2OS. The van der Waals surface area contributed by atoms with E-state index >= 15 is 0 Å². The zero-order valence-corrected chi connectivity index (χ0v) is 12.8. The molecule has 104 valence electrons. The van der Waals surface area contributed by atoms with Gasteiger partial charge in [0, 0.05) is 11.9 Å². The minimum absolute atomic E-state index is 0.0641. The number of nitrogens with one attached hydrogen (secondary N) is 1. The number of nitrogens with zero attached hydrogens (tertiary/aromatic N) is 1. The number of thioether (sulfide) groups is 1. The predicted octanol–water partition coefficient (Wildman–Crippen LogP) is 3.05. The lowest BCUT2D eigenvalue weighted by Crippen LogP contribution is -2.49. The van der Waals surface area contributed by atoms with Gasteiger partial charge >= 0.3 is 0 Å². The van der Waals surface area contributed by atoms with Crippen molar-refractivity contribution in [3.8, 4) is 0 Å². The van der Waals surface area contributed by atoms with Gasteiger partial charge in [-0.3, -0.25) is 4.99 Å². The molecule has 18 heavy (non-hydrogen) atoms. The van der Waals surface area contributed by atoms with Gasteiger partial charge in [0.15, 0.2) is 5.17 Å². The van der Waals surface area contributed by atoms with Crippen LogP contribution in [-0.2, 0) is 4.74 Å². The van der Waals surface area contributed by atoms with E-state index in [0.717, 1.165) is 30.7 Å². The first-order chi connectivity index (χ1) is 8.59. The first kappa shape index (κ1) is 14.2. The lowest BCUT2D eigenvalue weighted by atomic mass is 9.95. The molecule has 0 spiro atoms. The molecule has 0 aromatic heterocycles. The first-order valence-electron chi connectivity index (χ1n) is 7.20. The van der Waals surface area contributed by atoms with Crippen LogP contribution >= 0.6 is 11.8 Å². The summed E-state index contributed by atoms with van der Waals surface area (Å²) >= 11 is 1.94. The van der Waals surface area contributed by atoms with Crippen LogP contribution in [0.3, 0.4) is 0 Å². The van der Waals surface area contributed by atoms with Crippen molar-refractivity contribution in [3.05, 3.63) is 0 Å². The molecule has 4 heteroatoms. The second-order valence-electron chi connectivity index (χ2n) is 5.68. The van der Waals surface area contributed by atoms with E-state index in [2.05, 4.69) is 33.0 Å². The molecule has 1 saturated heterocycles. The quantitative estimate of drug-likeness (QED) is 0.852. The highest BCUT2D eigenvalue weighted by Crippen LogP contribution is 2.33. The van der Waals surface area contributed by atoms with E-state index in [1.807, 2.05) is 11.8 Å². The second kappa shape index (κ2) is 5.83. The van der Waals surface area contributed by atoms with Crippen molar-refractivity contribution in [1.29, 1.82) is 0 Å². The Kier molecular flexibility index (Phi) is 4.59. The number of hydrogen-bond acceptors (Lipinski definition) is 4. The van der Waals surface area contributed by atoms with Crippen molar-refractivity contribution in [1.82, 2.24) is 5.32 Å².